The van der Waals surface area contributed by atoms with Gasteiger partial charge in [-0.2, -0.15) is 30.8 Å². The van der Waals surface area contributed by atoms with Gasteiger partial charge in [0.05, 0.1) is 0 Å². The molecule has 3 N–H and O–H groups in total. The van der Waals surface area contributed by atoms with Crippen molar-refractivity contribution in [3.05, 3.63) is 54.6 Å². The number of rotatable bonds is 0. The number of aromatic amines is 2. The first kappa shape index (κ1) is 13.2. The van der Waals surface area contributed by atoms with Crippen molar-refractivity contribution in [2.24, 2.45) is 0 Å². The molecule has 0 bridgehead atoms. The van der Waals surface area contributed by atoms with Crippen LogP contribution in [0.1, 0.15) is 0 Å². The first-order valence-corrected chi connectivity index (χ1v) is 6.99. The summed E-state index contributed by atoms with van der Waals surface area (Å²) in [5.41, 5.74) is 3.05. The molecule has 0 aliphatic carbocycles. The molecule has 5 aromatic rings. The van der Waals surface area contributed by atoms with Gasteiger partial charge >= 0.3 is 0 Å². The standard InChI is InChI=1S/C10H7N3.C6H5N3O/c1-2-4-8-7(3-1)5-6-9-10(8)12-13-11-9;10-5-3-1-2-4-6(5)8-9-7-4/h1-6H,(H,11,12,13);1-3,10H,(H,7,8,9). The predicted molar refractivity (Wildman–Crippen MR) is 86.9 cm³/mol. The highest BCUT2D eigenvalue weighted by molar-refractivity contribution is 6.03. The van der Waals surface area contributed by atoms with E-state index in [4.69, 9.17) is 5.11 Å². The molecule has 0 saturated carbocycles. The number of hydrogen-bond acceptors (Lipinski definition) is 5. The average Bonchev–Trinajstić information content (AvgIpc) is 3.25. The van der Waals surface area contributed by atoms with Crippen LogP contribution in [-0.2, 0) is 0 Å². The monoisotopic (exact) mass is 304 g/mol. The van der Waals surface area contributed by atoms with Crippen molar-refractivity contribution in [1.82, 2.24) is 30.8 Å². The summed E-state index contributed by atoms with van der Waals surface area (Å²) in [6.45, 7) is 0. The molecule has 112 valence electrons. The highest BCUT2D eigenvalue weighted by Crippen LogP contribution is 2.21. The molecule has 5 rings (SSSR count). The number of aromatic hydroxyl groups is 1. The van der Waals surface area contributed by atoms with Crippen molar-refractivity contribution < 1.29 is 5.11 Å². The largest absolute Gasteiger partial charge is 0.506 e. The van der Waals surface area contributed by atoms with E-state index >= 15 is 0 Å². The molecule has 0 atom stereocenters. The average molecular weight is 304 g/mol. The summed E-state index contributed by atoms with van der Waals surface area (Å²) >= 11 is 0. The van der Waals surface area contributed by atoms with E-state index in [-0.39, 0.29) is 5.75 Å². The van der Waals surface area contributed by atoms with E-state index in [1.54, 1.807) is 18.2 Å². The van der Waals surface area contributed by atoms with Crippen LogP contribution in [0.3, 0.4) is 0 Å². The minimum atomic E-state index is 0.159. The predicted octanol–water partition coefficient (Wildman–Crippen LogP) is 2.77. The molecule has 23 heavy (non-hydrogen) atoms. The van der Waals surface area contributed by atoms with Crippen LogP contribution in [0.5, 0.6) is 5.75 Å². The summed E-state index contributed by atoms with van der Waals surface area (Å²) in [5, 5.41) is 32.2. The Morgan fingerprint density at radius 1 is 0.652 bits per heavy atom. The van der Waals surface area contributed by atoms with Gasteiger partial charge in [0.15, 0.2) is 5.52 Å². The summed E-state index contributed by atoms with van der Waals surface area (Å²) in [4.78, 5) is 0. The molecule has 0 unspecified atom stereocenters. The highest BCUT2D eigenvalue weighted by atomic mass is 16.3. The van der Waals surface area contributed by atoms with Crippen molar-refractivity contribution in [3.8, 4) is 5.75 Å². The number of phenolic OH excluding ortho intramolecular Hbond substituents is 1. The molecule has 0 aliphatic rings. The van der Waals surface area contributed by atoms with Gasteiger partial charge in [-0.25, -0.2) is 0 Å². The van der Waals surface area contributed by atoms with Crippen LogP contribution in [0.25, 0.3) is 32.8 Å². The summed E-state index contributed by atoms with van der Waals surface area (Å²) < 4.78 is 0. The van der Waals surface area contributed by atoms with E-state index in [1.165, 1.54) is 5.39 Å². The fourth-order valence-electron chi connectivity index (χ4n) is 2.43. The fourth-order valence-corrected chi connectivity index (χ4v) is 2.43. The molecule has 0 amide bonds. The van der Waals surface area contributed by atoms with Crippen molar-refractivity contribution in [2.45, 2.75) is 0 Å². The number of hydrogen-bond donors (Lipinski definition) is 3. The molecule has 0 saturated heterocycles. The van der Waals surface area contributed by atoms with Gasteiger partial charge in [-0.15, -0.1) is 0 Å². The normalized spacial score (nSPS) is 10.8. The highest BCUT2D eigenvalue weighted by Gasteiger charge is 2.02. The van der Waals surface area contributed by atoms with Gasteiger partial charge in [0.2, 0.25) is 0 Å². The molecule has 0 aliphatic heterocycles. The van der Waals surface area contributed by atoms with Gasteiger partial charge in [-0.3, -0.25) is 0 Å². The Kier molecular flexibility index (Phi) is 3.09. The van der Waals surface area contributed by atoms with Crippen molar-refractivity contribution in [3.63, 3.8) is 0 Å². The lowest BCUT2D eigenvalue weighted by Crippen LogP contribution is -1.74. The third-order valence-electron chi connectivity index (χ3n) is 3.54. The fraction of sp³-hybridized carbons (Fsp3) is 0. The van der Waals surface area contributed by atoms with Crippen molar-refractivity contribution in [1.29, 1.82) is 0 Å². The zero-order chi connectivity index (χ0) is 15.6. The van der Waals surface area contributed by atoms with E-state index in [9.17, 15) is 0 Å². The third-order valence-corrected chi connectivity index (χ3v) is 3.54. The van der Waals surface area contributed by atoms with Crippen LogP contribution in [0, 0.1) is 0 Å². The number of nitrogens with zero attached hydrogens (tertiary/aromatic N) is 4. The lowest BCUT2D eigenvalue weighted by Gasteiger charge is -1.95. The SMILES string of the molecule is Oc1cccc2n[nH]nc12.c1ccc2c(c1)ccc1n[nH]nc12. The lowest BCUT2D eigenvalue weighted by atomic mass is 10.1. The number of phenols is 1. The Morgan fingerprint density at radius 3 is 2.22 bits per heavy atom. The molecule has 0 spiro atoms. The van der Waals surface area contributed by atoms with Crippen LogP contribution in [0.2, 0.25) is 0 Å². The van der Waals surface area contributed by atoms with E-state index in [2.05, 4.69) is 49.0 Å². The van der Waals surface area contributed by atoms with Gasteiger partial charge in [-0.05, 0) is 23.6 Å². The Labute approximate surface area is 130 Å². The topological polar surface area (TPSA) is 103 Å². The van der Waals surface area contributed by atoms with Crippen molar-refractivity contribution >= 4 is 32.8 Å². The summed E-state index contributed by atoms with van der Waals surface area (Å²) in [6, 6.07) is 17.3. The maximum absolute atomic E-state index is 9.14. The number of para-hydroxylation sites is 1. The number of benzene rings is 3. The Bertz CT molecular complexity index is 1100. The Hall–Kier alpha value is -3.48. The molecule has 3 aromatic carbocycles. The van der Waals surface area contributed by atoms with Gasteiger partial charge in [0.25, 0.3) is 0 Å². The third kappa shape index (κ3) is 2.34. The number of H-pyrrole nitrogens is 2. The molecule has 2 aromatic heterocycles. The molecule has 7 nitrogen and oxygen atoms in total. The summed E-state index contributed by atoms with van der Waals surface area (Å²) in [6.07, 6.45) is 0. The van der Waals surface area contributed by atoms with E-state index < -0.39 is 0 Å². The van der Waals surface area contributed by atoms with Gasteiger partial charge in [0.1, 0.15) is 22.3 Å². The minimum absolute atomic E-state index is 0.159. The van der Waals surface area contributed by atoms with Crippen LogP contribution in [0.4, 0.5) is 0 Å². The molecule has 7 heteroatoms. The van der Waals surface area contributed by atoms with Crippen LogP contribution < -0.4 is 0 Å². The van der Waals surface area contributed by atoms with E-state index in [0.29, 0.717) is 11.0 Å². The number of aromatic nitrogens is 6. The number of fused-ring (bicyclic) bond motifs is 4. The summed E-state index contributed by atoms with van der Waals surface area (Å²) in [7, 11) is 0. The lowest BCUT2D eigenvalue weighted by molar-refractivity contribution is 0.480. The first-order valence-electron chi connectivity index (χ1n) is 6.99. The zero-order valence-corrected chi connectivity index (χ0v) is 11.9. The number of nitrogens with one attached hydrogen (secondary N) is 2. The molecule has 0 fully saturated rings. The maximum atomic E-state index is 9.14. The van der Waals surface area contributed by atoms with E-state index in [0.717, 1.165) is 16.4 Å². The summed E-state index contributed by atoms with van der Waals surface area (Å²) in [5.74, 6) is 0.159. The Balaban J connectivity index is 0.000000122. The molecule has 2 heterocycles. The zero-order valence-electron chi connectivity index (χ0n) is 11.9. The molecular formula is C16H12N6O. The quantitative estimate of drug-likeness (QED) is 0.408. The van der Waals surface area contributed by atoms with Crippen molar-refractivity contribution in [2.75, 3.05) is 0 Å². The maximum Gasteiger partial charge on any atom is 0.154 e. The first-order chi connectivity index (χ1) is 11.3. The molecule has 0 radical (unpaired) electrons. The van der Waals surface area contributed by atoms with Gasteiger partial charge < -0.3 is 5.11 Å². The smallest absolute Gasteiger partial charge is 0.154 e. The second-order valence-corrected chi connectivity index (χ2v) is 4.95. The van der Waals surface area contributed by atoms with Gasteiger partial charge in [-0.1, -0.05) is 36.4 Å². The second-order valence-electron chi connectivity index (χ2n) is 4.95. The Morgan fingerprint density at radius 2 is 1.39 bits per heavy atom. The van der Waals surface area contributed by atoms with Crippen LogP contribution in [-0.4, -0.2) is 35.9 Å². The second kappa shape index (κ2) is 5.38. The van der Waals surface area contributed by atoms with Crippen LogP contribution >= 0.6 is 0 Å². The minimum Gasteiger partial charge on any atom is -0.506 e. The van der Waals surface area contributed by atoms with Crippen LogP contribution in [0.15, 0.2) is 54.6 Å². The van der Waals surface area contributed by atoms with E-state index in [1.807, 2.05) is 18.2 Å². The molecular weight excluding hydrogens is 292 g/mol. The van der Waals surface area contributed by atoms with Gasteiger partial charge in [0, 0.05) is 5.39 Å².